The number of methoxy groups -OCH3 is 3. The van der Waals surface area contributed by atoms with Crippen molar-refractivity contribution in [3.8, 4) is 17.2 Å². The van der Waals surface area contributed by atoms with Gasteiger partial charge in [0.1, 0.15) is 17.2 Å². The van der Waals surface area contributed by atoms with Crippen molar-refractivity contribution in [3.05, 3.63) is 52.6 Å². The highest BCUT2D eigenvalue weighted by Gasteiger charge is 2.19. The zero-order chi connectivity index (χ0) is 20.1. The fourth-order valence-corrected chi connectivity index (χ4v) is 3.81. The SMILES string of the molecule is COc1ccc(CN2CCN(Cc3cc(C)c(OC)cc3C)CC2)c(OC)c1. The Morgan fingerprint density at radius 1 is 0.679 bits per heavy atom. The number of hydrogen-bond donors (Lipinski definition) is 0. The van der Waals surface area contributed by atoms with Gasteiger partial charge >= 0.3 is 0 Å². The number of nitrogens with zero attached hydrogens (tertiary/aromatic N) is 2. The molecule has 1 heterocycles. The van der Waals surface area contributed by atoms with Crippen LogP contribution >= 0.6 is 0 Å². The van der Waals surface area contributed by atoms with E-state index in [2.05, 4.69) is 41.8 Å². The van der Waals surface area contributed by atoms with Crippen LogP contribution in [0.15, 0.2) is 30.3 Å². The van der Waals surface area contributed by atoms with Crippen molar-refractivity contribution in [2.24, 2.45) is 0 Å². The minimum absolute atomic E-state index is 0.829. The van der Waals surface area contributed by atoms with Crippen LogP contribution in [-0.2, 0) is 13.1 Å². The smallest absolute Gasteiger partial charge is 0.127 e. The van der Waals surface area contributed by atoms with E-state index in [4.69, 9.17) is 14.2 Å². The van der Waals surface area contributed by atoms with Crippen molar-refractivity contribution in [3.63, 3.8) is 0 Å². The Bertz CT molecular complexity index is 799. The lowest BCUT2D eigenvalue weighted by molar-refractivity contribution is 0.121. The van der Waals surface area contributed by atoms with Crippen LogP contribution in [0.5, 0.6) is 17.2 Å². The van der Waals surface area contributed by atoms with E-state index in [1.807, 2.05) is 12.1 Å². The molecular formula is C23H32N2O3. The number of ether oxygens (including phenoxy) is 3. The summed E-state index contributed by atoms with van der Waals surface area (Å²) < 4.78 is 16.3. The van der Waals surface area contributed by atoms with Gasteiger partial charge < -0.3 is 14.2 Å². The van der Waals surface area contributed by atoms with Gasteiger partial charge in [-0.25, -0.2) is 0 Å². The van der Waals surface area contributed by atoms with Crippen LogP contribution in [0.1, 0.15) is 22.3 Å². The van der Waals surface area contributed by atoms with E-state index in [1.54, 1.807) is 21.3 Å². The molecule has 0 bridgehead atoms. The Kier molecular flexibility index (Phi) is 6.81. The lowest BCUT2D eigenvalue weighted by Crippen LogP contribution is -2.45. The molecule has 0 radical (unpaired) electrons. The highest BCUT2D eigenvalue weighted by Crippen LogP contribution is 2.27. The summed E-state index contributed by atoms with van der Waals surface area (Å²) >= 11 is 0. The molecule has 1 aliphatic heterocycles. The summed E-state index contributed by atoms with van der Waals surface area (Å²) in [4.78, 5) is 5.03. The van der Waals surface area contributed by atoms with Crippen LogP contribution in [0.4, 0.5) is 0 Å². The largest absolute Gasteiger partial charge is 0.497 e. The maximum Gasteiger partial charge on any atom is 0.127 e. The summed E-state index contributed by atoms with van der Waals surface area (Å²) in [7, 11) is 5.13. The van der Waals surface area contributed by atoms with E-state index in [1.165, 1.54) is 22.3 Å². The molecule has 5 nitrogen and oxygen atoms in total. The molecule has 2 aromatic rings. The number of piperazine rings is 1. The summed E-state index contributed by atoms with van der Waals surface area (Å²) in [6.07, 6.45) is 0. The number of benzene rings is 2. The van der Waals surface area contributed by atoms with Crippen molar-refractivity contribution >= 4 is 0 Å². The molecule has 0 amide bonds. The fraction of sp³-hybridized carbons (Fsp3) is 0.478. The van der Waals surface area contributed by atoms with Crippen molar-refractivity contribution < 1.29 is 14.2 Å². The van der Waals surface area contributed by atoms with Crippen molar-refractivity contribution in [2.75, 3.05) is 47.5 Å². The lowest BCUT2D eigenvalue weighted by atomic mass is 10.0. The van der Waals surface area contributed by atoms with E-state index in [-0.39, 0.29) is 0 Å². The van der Waals surface area contributed by atoms with Crippen LogP contribution < -0.4 is 14.2 Å². The van der Waals surface area contributed by atoms with Gasteiger partial charge in [-0.15, -0.1) is 0 Å². The topological polar surface area (TPSA) is 34.2 Å². The third-order valence-electron chi connectivity index (χ3n) is 5.60. The normalized spacial score (nSPS) is 15.5. The molecular weight excluding hydrogens is 352 g/mol. The average molecular weight is 385 g/mol. The third-order valence-corrected chi connectivity index (χ3v) is 5.60. The molecule has 0 aliphatic carbocycles. The Labute approximate surface area is 168 Å². The first-order chi connectivity index (χ1) is 13.5. The zero-order valence-electron chi connectivity index (χ0n) is 17.7. The lowest BCUT2D eigenvalue weighted by Gasteiger charge is -2.35. The Morgan fingerprint density at radius 3 is 1.86 bits per heavy atom. The molecule has 152 valence electrons. The molecule has 1 aliphatic rings. The maximum absolute atomic E-state index is 5.55. The molecule has 0 aromatic heterocycles. The maximum atomic E-state index is 5.55. The molecule has 0 N–H and O–H groups in total. The van der Waals surface area contributed by atoms with E-state index >= 15 is 0 Å². The second kappa shape index (κ2) is 9.30. The molecule has 3 rings (SSSR count). The summed E-state index contributed by atoms with van der Waals surface area (Å²) in [5.74, 6) is 2.70. The highest BCUT2D eigenvalue weighted by molar-refractivity contribution is 5.42. The van der Waals surface area contributed by atoms with Crippen LogP contribution in [0.3, 0.4) is 0 Å². The van der Waals surface area contributed by atoms with Crippen molar-refractivity contribution in [2.45, 2.75) is 26.9 Å². The van der Waals surface area contributed by atoms with Crippen molar-refractivity contribution in [1.29, 1.82) is 0 Å². The average Bonchev–Trinajstić information content (AvgIpc) is 2.72. The van der Waals surface area contributed by atoms with Crippen LogP contribution in [0, 0.1) is 13.8 Å². The summed E-state index contributed by atoms with van der Waals surface area (Å²) in [5, 5.41) is 0. The van der Waals surface area contributed by atoms with Gasteiger partial charge in [-0.2, -0.15) is 0 Å². The monoisotopic (exact) mass is 384 g/mol. The van der Waals surface area contributed by atoms with Gasteiger partial charge in [0.25, 0.3) is 0 Å². The van der Waals surface area contributed by atoms with Gasteiger partial charge in [0.15, 0.2) is 0 Å². The number of rotatable bonds is 7. The molecule has 5 heteroatoms. The van der Waals surface area contributed by atoms with Crippen LogP contribution in [0.25, 0.3) is 0 Å². The molecule has 0 atom stereocenters. The second-order valence-electron chi connectivity index (χ2n) is 7.48. The molecule has 0 unspecified atom stereocenters. The van der Waals surface area contributed by atoms with Gasteiger partial charge in [0.05, 0.1) is 21.3 Å². The van der Waals surface area contributed by atoms with E-state index in [0.717, 1.165) is 56.5 Å². The van der Waals surface area contributed by atoms with Gasteiger partial charge in [-0.1, -0.05) is 12.1 Å². The van der Waals surface area contributed by atoms with Crippen LogP contribution in [-0.4, -0.2) is 57.3 Å². The first-order valence-electron chi connectivity index (χ1n) is 9.83. The van der Waals surface area contributed by atoms with Gasteiger partial charge in [0.2, 0.25) is 0 Å². The zero-order valence-corrected chi connectivity index (χ0v) is 17.7. The van der Waals surface area contributed by atoms with Crippen LogP contribution in [0.2, 0.25) is 0 Å². The summed E-state index contributed by atoms with van der Waals surface area (Å²) in [5.41, 5.74) is 5.10. The Hall–Kier alpha value is -2.24. The summed E-state index contributed by atoms with van der Waals surface area (Å²) in [6.45, 7) is 10.4. The van der Waals surface area contributed by atoms with E-state index in [0.29, 0.717) is 0 Å². The first-order valence-corrected chi connectivity index (χ1v) is 9.83. The third kappa shape index (κ3) is 4.78. The van der Waals surface area contributed by atoms with Gasteiger partial charge in [-0.05, 0) is 42.7 Å². The standard InChI is InChI=1S/C23H32N2O3/c1-17-13-22(27-4)18(2)12-20(17)16-25-10-8-24(9-11-25)15-19-6-7-21(26-3)14-23(19)28-5/h6-7,12-14H,8-11,15-16H2,1-5H3. The minimum Gasteiger partial charge on any atom is -0.497 e. The van der Waals surface area contributed by atoms with Gasteiger partial charge in [0, 0.05) is 50.9 Å². The molecule has 1 fully saturated rings. The quantitative estimate of drug-likeness (QED) is 0.728. The number of hydrogen-bond acceptors (Lipinski definition) is 5. The summed E-state index contributed by atoms with van der Waals surface area (Å²) in [6, 6.07) is 10.5. The fourth-order valence-electron chi connectivity index (χ4n) is 3.81. The minimum atomic E-state index is 0.829. The van der Waals surface area contributed by atoms with Crippen molar-refractivity contribution in [1.82, 2.24) is 9.80 Å². The molecule has 1 saturated heterocycles. The highest BCUT2D eigenvalue weighted by atomic mass is 16.5. The molecule has 0 spiro atoms. The molecule has 0 saturated carbocycles. The molecule has 2 aromatic carbocycles. The van der Waals surface area contributed by atoms with Gasteiger partial charge in [-0.3, -0.25) is 9.80 Å². The Morgan fingerprint density at radius 2 is 1.29 bits per heavy atom. The predicted molar refractivity (Wildman–Crippen MR) is 113 cm³/mol. The first kappa shape index (κ1) is 20.5. The van der Waals surface area contributed by atoms with E-state index in [9.17, 15) is 0 Å². The Balaban J connectivity index is 1.57. The predicted octanol–water partition coefficient (Wildman–Crippen LogP) is 3.65. The van der Waals surface area contributed by atoms with E-state index < -0.39 is 0 Å². The molecule has 28 heavy (non-hydrogen) atoms. The number of aryl methyl sites for hydroxylation is 2. The second-order valence-corrected chi connectivity index (χ2v) is 7.48.